The number of benzene rings is 1. The highest BCUT2D eigenvalue weighted by molar-refractivity contribution is 7.80. The minimum absolute atomic E-state index is 0.000934. The van der Waals surface area contributed by atoms with Gasteiger partial charge in [0.1, 0.15) is 27.0 Å². The number of hydrogen-bond donors (Lipinski definition) is 3. The van der Waals surface area contributed by atoms with Gasteiger partial charge in [-0.2, -0.15) is 0 Å². The second kappa shape index (κ2) is 9.66. The van der Waals surface area contributed by atoms with Gasteiger partial charge in [0.25, 0.3) is 0 Å². The molecular weight excluding hydrogens is 414 g/mol. The van der Waals surface area contributed by atoms with Crippen molar-refractivity contribution < 1.29 is 24.2 Å². The highest BCUT2D eigenvalue weighted by Gasteiger charge is 2.16. The number of amides is 1. The van der Waals surface area contributed by atoms with Crippen LogP contribution in [0.2, 0.25) is 0 Å². The Morgan fingerprint density at radius 1 is 1.24 bits per heavy atom. The van der Waals surface area contributed by atoms with Gasteiger partial charge in [-0.05, 0) is 39.0 Å². The van der Waals surface area contributed by atoms with Crippen LogP contribution in [0.25, 0.3) is 10.6 Å². The second-order valence-corrected chi connectivity index (χ2v) is 8.21. The monoisotopic (exact) mass is 437 g/mol. The maximum absolute atomic E-state index is 11.7. The summed E-state index contributed by atoms with van der Waals surface area (Å²) >= 11 is 6.61. The van der Waals surface area contributed by atoms with E-state index in [1.54, 1.807) is 26.2 Å². The van der Waals surface area contributed by atoms with Gasteiger partial charge in [-0.3, -0.25) is 0 Å². The van der Waals surface area contributed by atoms with Crippen LogP contribution in [0.15, 0.2) is 23.6 Å². The van der Waals surface area contributed by atoms with Crippen LogP contribution >= 0.6 is 23.6 Å². The molecule has 0 aliphatic rings. The molecule has 29 heavy (non-hydrogen) atoms. The van der Waals surface area contributed by atoms with E-state index in [0.29, 0.717) is 39.9 Å². The van der Waals surface area contributed by atoms with Crippen molar-refractivity contribution >= 4 is 40.6 Å². The summed E-state index contributed by atoms with van der Waals surface area (Å²) in [5.41, 5.74) is 0.699. The molecule has 156 valence electrons. The lowest BCUT2D eigenvalue weighted by Crippen LogP contribution is -2.37. The number of methoxy groups -OCH3 is 1. The van der Waals surface area contributed by atoms with Crippen molar-refractivity contribution in [3.05, 3.63) is 34.8 Å². The lowest BCUT2D eigenvalue weighted by molar-refractivity contribution is 0.0527. The minimum atomic E-state index is -0.555. The van der Waals surface area contributed by atoms with E-state index in [-0.39, 0.29) is 5.75 Å². The number of thiocarbonyl (C=S) groups is 1. The van der Waals surface area contributed by atoms with Crippen molar-refractivity contribution in [3.63, 3.8) is 0 Å². The highest BCUT2D eigenvalue weighted by Crippen LogP contribution is 2.32. The Balaban J connectivity index is 1.95. The molecule has 0 unspecified atom stereocenters. The van der Waals surface area contributed by atoms with E-state index in [1.165, 1.54) is 36.6 Å². The summed E-state index contributed by atoms with van der Waals surface area (Å²) in [6.45, 7) is 6.09. The van der Waals surface area contributed by atoms with Gasteiger partial charge in [0.2, 0.25) is 0 Å². The molecule has 0 aliphatic heterocycles. The lowest BCUT2D eigenvalue weighted by Gasteiger charge is -2.19. The van der Waals surface area contributed by atoms with Crippen LogP contribution in [0.5, 0.6) is 5.75 Å². The molecule has 1 heterocycles. The number of carbonyl (C=O) groups excluding carboxylic acids is 2. The summed E-state index contributed by atoms with van der Waals surface area (Å²) in [6, 6.07) is 4.41. The molecule has 0 bridgehead atoms. The summed E-state index contributed by atoms with van der Waals surface area (Å²) in [5, 5.41) is 18.0. The van der Waals surface area contributed by atoms with Crippen molar-refractivity contribution in [1.82, 2.24) is 15.6 Å². The quantitative estimate of drug-likeness (QED) is 0.359. The van der Waals surface area contributed by atoms with Crippen LogP contribution in [-0.2, 0) is 9.47 Å². The molecule has 0 fully saturated rings. The number of ether oxygens (including phenoxy) is 2. The predicted molar refractivity (Wildman–Crippen MR) is 114 cm³/mol. The van der Waals surface area contributed by atoms with E-state index in [9.17, 15) is 14.7 Å². The van der Waals surface area contributed by atoms with Crippen LogP contribution < -0.4 is 10.6 Å². The number of esters is 1. The van der Waals surface area contributed by atoms with Gasteiger partial charge in [-0.1, -0.05) is 12.2 Å². The lowest BCUT2D eigenvalue weighted by atomic mass is 10.1. The Labute approximate surface area is 178 Å². The number of nitrogens with zero attached hydrogens (tertiary/aromatic N) is 1. The van der Waals surface area contributed by atoms with Crippen molar-refractivity contribution in [2.75, 3.05) is 20.2 Å². The van der Waals surface area contributed by atoms with E-state index in [0.717, 1.165) is 0 Å². The average molecular weight is 438 g/mol. The van der Waals surface area contributed by atoms with Crippen LogP contribution in [0.1, 0.15) is 36.8 Å². The Morgan fingerprint density at radius 2 is 1.93 bits per heavy atom. The zero-order valence-electron chi connectivity index (χ0n) is 16.6. The van der Waals surface area contributed by atoms with Crippen LogP contribution in [0, 0.1) is 0 Å². The van der Waals surface area contributed by atoms with Crippen LogP contribution in [0.4, 0.5) is 4.79 Å². The third-order valence-electron chi connectivity index (χ3n) is 3.46. The molecule has 0 saturated heterocycles. The Bertz CT molecular complexity index is 905. The molecule has 8 nitrogen and oxygen atoms in total. The molecular formula is C19H23N3O5S2. The number of nitrogens with one attached hydrogen (secondary N) is 2. The largest absolute Gasteiger partial charge is 0.507 e. The first-order valence-corrected chi connectivity index (χ1v) is 10.0. The average Bonchev–Trinajstić information content (AvgIpc) is 3.13. The van der Waals surface area contributed by atoms with Gasteiger partial charge in [0.05, 0.1) is 18.2 Å². The molecule has 1 aromatic carbocycles. The normalized spacial score (nSPS) is 10.9. The molecule has 0 atom stereocenters. The Morgan fingerprint density at radius 3 is 2.59 bits per heavy atom. The molecule has 1 amide bonds. The van der Waals surface area contributed by atoms with E-state index >= 15 is 0 Å². The first-order valence-electron chi connectivity index (χ1n) is 8.73. The Kier molecular flexibility index (Phi) is 7.52. The summed E-state index contributed by atoms with van der Waals surface area (Å²) in [4.78, 5) is 28.1. The van der Waals surface area contributed by atoms with E-state index < -0.39 is 17.7 Å². The molecule has 2 rings (SSSR count). The highest BCUT2D eigenvalue weighted by atomic mass is 32.1. The fourth-order valence-corrected chi connectivity index (χ4v) is 3.32. The van der Waals surface area contributed by atoms with Crippen molar-refractivity contribution in [2.45, 2.75) is 26.4 Å². The minimum Gasteiger partial charge on any atom is -0.507 e. The molecule has 0 aliphatic carbocycles. The summed E-state index contributed by atoms with van der Waals surface area (Å²) < 4.78 is 9.85. The van der Waals surface area contributed by atoms with Crippen molar-refractivity contribution in [1.29, 1.82) is 0 Å². The topological polar surface area (TPSA) is 110 Å². The van der Waals surface area contributed by atoms with Crippen LogP contribution in [-0.4, -0.2) is 52.9 Å². The van der Waals surface area contributed by atoms with Gasteiger partial charge in [-0.15, -0.1) is 11.3 Å². The number of phenolic OH excluding ortho intramolecular Hbond substituents is 1. The van der Waals surface area contributed by atoms with E-state index in [1.807, 2.05) is 0 Å². The zero-order chi connectivity index (χ0) is 21.6. The maximum atomic E-state index is 11.7. The maximum Gasteiger partial charge on any atom is 0.407 e. The van der Waals surface area contributed by atoms with Gasteiger partial charge in [-0.25, -0.2) is 14.6 Å². The molecule has 1 aromatic heterocycles. The van der Waals surface area contributed by atoms with Gasteiger partial charge in [0, 0.05) is 18.5 Å². The van der Waals surface area contributed by atoms with E-state index in [2.05, 4.69) is 15.6 Å². The number of phenols is 1. The third-order valence-corrected chi connectivity index (χ3v) is 4.69. The third kappa shape index (κ3) is 6.68. The molecule has 10 heteroatoms. The number of rotatable bonds is 6. The molecule has 0 saturated carbocycles. The van der Waals surface area contributed by atoms with E-state index in [4.69, 9.17) is 21.7 Å². The zero-order valence-corrected chi connectivity index (χ0v) is 18.2. The first kappa shape index (κ1) is 22.6. The number of aromatic nitrogens is 1. The van der Waals surface area contributed by atoms with Crippen LogP contribution in [0.3, 0.4) is 0 Å². The summed E-state index contributed by atoms with van der Waals surface area (Å²) in [5.74, 6) is -0.503. The fraction of sp³-hybridized carbons (Fsp3) is 0.368. The second-order valence-electron chi connectivity index (χ2n) is 6.95. The number of alkyl carbamates (subject to hydrolysis) is 1. The number of thiazole rings is 1. The Hall–Kier alpha value is -2.72. The van der Waals surface area contributed by atoms with Gasteiger partial charge in [0.15, 0.2) is 0 Å². The SMILES string of the molecule is COC(=O)c1ccc(O)c(-c2nc(C(=S)NCCNC(=O)OC(C)(C)C)cs2)c1. The van der Waals surface area contributed by atoms with Crippen molar-refractivity contribution in [3.8, 4) is 16.3 Å². The molecule has 2 aromatic rings. The number of hydrogen-bond acceptors (Lipinski definition) is 8. The summed E-state index contributed by atoms with van der Waals surface area (Å²) in [6.07, 6.45) is -0.498. The number of carbonyl (C=O) groups is 2. The van der Waals surface area contributed by atoms with Gasteiger partial charge >= 0.3 is 12.1 Å². The molecule has 3 N–H and O–H groups in total. The predicted octanol–water partition coefficient (Wildman–Crippen LogP) is 3.09. The smallest absolute Gasteiger partial charge is 0.407 e. The molecule has 0 spiro atoms. The van der Waals surface area contributed by atoms with Crippen molar-refractivity contribution in [2.24, 2.45) is 0 Å². The summed E-state index contributed by atoms with van der Waals surface area (Å²) in [7, 11) is 1.29. The standard InChI is InChI=1S/C19H23N3O5S2/c1-19(2,3)27-18(25)21-8-7-20-15(28)13-10-29-16(22-13)12-9-11(17(24)26-4)5-6-14(12)23/h5-6,9-10,23H,7-8H2,1-4H3,(H,20,28)(H,21,25). The number of aromatic hydroxyl groups is 1. The first-order chi connectivity index (χ1) is 13.6. The fourth-order valence-electron chi connectivity index (χ4n) is 2.20. The van der Waals surface area contributed by atoms with Gasteiger partial charge < -0.3 is 25.2 Å². The molecule has 0 radical (unpaired) electrons.